The number of methoxy groups -OCH3 is 1. The maximum Gasteiger partial charge on any atom is 0.328 e. The van der Waals surface area contributed by atoms with E-state index in [2.05, 4.69) is 22.5 Å². The van der Waals surface area contributed by atoms with Gasteiger partial charge in [0.05, 0.1) is 42.6 Å². The number of hydrogen-bond acceptors (Lipinski definition) is 7. The zero-order chi connectivity index (χ0) is 24.7. The predicted octanol–water partition coefficient (Wildman–Crippen LogP) is 1.16. The Morgan fingerprint density at radius 1 is 1.29 bits per heavy atom. The molecule has 1 aromatic rings. The van der Waals surface area contributed by atoms with E-state index in [0.29, 0.717) is 12.6 Å². The van der Waals surface area contributed by atoms with Crippen LogP contribution in [0.5, 0.6) is 0 Å². The number of nitrogens with one attached hydrogen (secondary N) is 2. The van der Waals surface area contributed by atoms with E-state index in [1.807, 2.05) is 30.3 Å². The van der Waals surface area contributed by atoms with Gasteiger partial charge in [0.25, 0.3) is 0 Å². The fourth-order valence-corrected chi connectivity index (χ4v) is 5.51. The summed E-state index contributed by atoms with van der Waals surface area (Å²) < 4.78 is 10.8. The molecular weight excluding hydrogens is 481 g/mol. The van der Waals surface area contributed by atoms with Crippen LogP contribution in [-0.2, 0) is 25.5 Å². The lowest BCUT2D eigenvalue weighted by Crippen LogP contribution is -2.57. The Morgan fingerprint density at radius 3 is 2.71 bits per heavy atom. The Balaban J connectivity index is 1.55. The number of amides is 1. The summed E-state index contributed by atoms with van der Waals surface area (Å²) in [7, 11) is 1.27. The smallest absolute Gasteiger partial charge is 0.328 e. The molecule has 34 heavy (non-hydrogen) atoms. The highest BCUT2D eigenvalue weighted by Gasteiger charge is 2.46. The van der Waals surface area contributed by atoms with Gasteiger partial charge in [0.1, 0.15) is 6.04 Å². The van der Waals surface area contributed by atoms with Crippen molar-refractivity contribution in [3.05, 3.63) is 35.9 Å². The second-order valence-electron chi connectivity index (χ2n) is 9.06. The second kappa shape index (κ2) is 13.0. The van der Waals surface area contributed by atoms with Crippen molar-refractivity contribution in [1.82, 2.24) is 15.5 Å². The maximum atomic E-state index is 13.0. The lowest BCUT2D eigenvalue weighted by atomic mass is 9.83. The Kier molecular flexibility index (Phi) is 10.4. The van der Waals surface area contributed by atoms with E-state index in [4.69, 9.17) is 32.7 Å². The van der Waals surface area contributed by atoms with Crippen LogP contribution in [0.4, 0.5) is 0 Å². The van der Waals surface area contributed by atoms with Crippen LogP contribution >= 0.6 is 23.2 Å². The number of carbonyl (C=O) groups excluding carboxylic acids is 2. The number of aliphatic hydroxyl groups excluding tert-OH is 1. The summed E-state index contributed by atoms with van der Waals surface area (Å²) in [5.41, 5.74) is 0.875. The summed E-state index contributed by atoms with van der Waals surface area (Å²) in [5, 5.41) is 15.5. The van der Waals surface area contributed by atoms with Gasteiger partial charge in [0.15, 0.2) is 0 Å². The molecule has 1 amide bonds. The Bertz CT molecular complexity index is 802. The topological polar surface area (TPSA) is 100 Å². The van der Waals surface area contributed by atoms with Gasteiger partial charge in [0, 0.05) is 38.6 Å². The molecule has 3 N–H and O–H groups in total. The van der Waals surface area contributed by atoms with Crippen LogP contribution in [0, 0.1) is 5.92 Å². The van der Waals surface area contributed by atoms with Crippen molar-refractivity contribution in [2.45, 2.75) is 54.8 Å². The van der Waals surface area contributed by atoms with Crippen LogP contribution in [-0.4, -0.2) is 96.8 Å². The van der Waals surface area contributed by atoms with Gasteiger partial charge in [-0.15, -0.1) is 23.2 Å². The van der Waals surface area contributed by atoms with Gasteiger partial charge in [-0.3, -0.25) is 9.69 Å². The number of rotatable bonds is 9. The lowest BCUT2D eigenvalue weighted by Gasteiger charge is -2.40. The van der Waals surface area contributed by atoms with Crippen LogP contribution in [0.3, 0.4) is 0 Å². The summed E-state index contributed by atoms with van der Waals surface area (Å²) in [6.45, 7) is 6.15. The summed E-state index contributed by atoms with van der Waals surface area (Å²) in [6.07, 6.45) is -1.28. The molecule has 2 fully saturated rings. The third kappa shape index (κ3) is 7.29. The first-order valence-corrected chi connectivity index (χ1v) is 12.6. The molecule has 3 rings (SSSR count). The van der Waals surface area contributed by atoms with Gasteiger partial charge in [-0.2, -0.15) is 0 Å². The molecule has 5 unspecified atom stereocenters. The monoisotopic (exact) mass is 515 g/mol. The maximum absolute atomic E-state index is 13.0. The molecule has 1 aliphatic heterocycles. The van der Waals surface area contributed by atoms with Crippen molar-refractivity contribution < 1.29 is 24.2 Å². The molecule has 0 aromatic heterocycles. The lowest BCUT2D eigenvalue weighted by molar-refractivity contribution is -0.147. The standard InChI is InChI=1S/C24H35Cl2N3O5/c1-15-14-29(9-8-27-15)10-11-34-22-18(25)13-17(21(30)20(22)26)23(31)28-19(24(32)33-2)12-16-6-4-3-5-7-16/h3-7,15,17-22,27,30H,8-14H2,1-2H3,(H,28,31)/t15-,17?,18?,19+,20?,21?,22?/m1/s1. The van der Waals surface area contributed by atoms with Crippen molar-refractivity contribution in [3.8, 4) is 0 Å². The van der Waals surface area contributed by atoms with Crippen molar-refractivity contribution in [2.24, 2.45) is 5.92 Å². The van der Waals surface area contributed by atoms with Crippen LogP contribution < -0.4 is 10.6 Å². The van der Waals surface area contributed by atoms with Gasteiger partial charge < -0.3 is 25.2 Å². The normalized spacial score (nSPS) is 31.0. The number of nitrogens with zero attached hydrogens (tertiary/aromatic N) is 1. The molecule has 0 radical (unpaired) electrons. The minimum Gasteiger partial charge on any atom is -0.467 e. The highest BCUT2D eigenvalue weighted by atomic mass is 35.5. The number of benzene rings is 1. The molecule has 0 bridgehead atoms. The van der Waals surface area contributed by atoms with Crippen LogP contribution in [0.15, 0.2) is 30.3 Å². The molecule has 1 heterocycles. The van der Waals surface area contributed by atoms with Gasteiger partial charge >= 0.3 is 5.97 Å². The van der Waals surface area contributed by atoms with Gasteiger partial charge in [-0.05, 0) is 18.9 Å². The largest absolute Gasteiger partial charge is 0.467 e. The molecule has 7 atom stereocenters. The fourth-order valence-electron chi connectivity index (χ4n) is 4.59. The molecule has 10 heteroatoms. The summed E-state index contributed by atoms with van der Waals surface area (Å²) in [6, 6.07) is 8.86. The Labute approximate surface area is 211 Å². The Morgan fingerprint density at radius 2 is 2.03 bits per heavy atom. The fraction of sp³-hybridized carbons (Fsp3) is 0.667. The summed E-state index contributed by atoms with van der Waals surface area (Å²) in [5.74, 6) is -1.90. The summed E-state index contributed by atoms with van der Waals surface area (Å²) >= 11 is 13.1. The van der Waals surface area contributed by atoms with Crippen LogP contribution in [0.2, 0.25) is 0 Å². The molecule has 1 aromatic carbocycles. The van der Waals surface area contributed by atoms with Crippen molar-refractivity contribution in [1.29, 1.82) is 0 Å². The van der Waals surface area contributed by atoms with E-state index in [1.165, 1.54) is 7.11 Å². The highest BCUT2D eigenvalue weighted by molar-refractivity contribution is 6.25. The molecular formula is C24H35Cl2N3O5. The minimum atomic E-state index is -1.16. The van der Waals surface area contributed by atoms with Crippen LogP contribution in [0.1, 0.15) is 18.9 Å². The number of carbonyl (C=O) groups is 2. The van der Waals surface area contributed by atoms with E-state index in [0.717, 1.165) is 31.7 Å². The summed E-state index contributed by atoms with van der Waals surface area (Å²) in [4.78, 5) is 27.6. The van der Waals surface area contributed by atoms with Crippen LogP contribution in [0.25, 0.3) is 0 Å². The Hall–Kier alpha value is -1.42. The van der Waals surface area contributed by atoms with Gasteiger partial charge in [0.2, 0.25) is 5.91 Å². The van der Waals surface area contributed by atoms with E-state index >= 15 is 0 Å². The van der Waals surface area contributed by atoms with E-state index in [-0.39, 0.29) is 12.8 Å². The molecule has 1 aliphatic carbocycles. The average molecular weight is 516 g/mol. The quantitative estimate of drug-likeness (QED) is 0.335. The molecule has 190 valence electrons. The first kappa shape index (κ1) is 27.2. The first-order chi connectivity index (χ1) is 16.3. The number of hydrogen-bond donors (Lipinski definition) is 3. The first-order valence-electron chi connectivity index (χ1n) is 11.8. The number of halogens is 2. The molecule has 0 spiro atoms. The van der Waals surface area contributed by atoms with E-state index in [1.54, 1.807) is 0 Å². The number of esters is 1. The van der Waals surface area contributed by atoms with Crippen molar-refractivity contribution in [2.75, 3.05) is 39.9 Å². The third-order valence-electron chi connectivity index (χ3n) is 6.48. The second-order valence-corrected chi connectivity index (χ2v) is 10.1. The molecule has 1 saturated carbocycles. The van der Waals surface area contributed by atoms with Gasteiger partial charge in [-0.1, -0.05) is 30.3 Å². The highest BCUT2D eigenvalue weighted by Crippen LogP contribution is 2.34. The molecule has 2 aliphatic rings. The SMILES string of the molecule is COC(=O)[C@H](Cc1ccccc1)NC(=O)C1CC(Cl)C(OCCN2CCN[C@H](C)C2)C(Cl)C1O. The molecule has 8 nitrogen and oxygen atoms in total. The number of piperazine rings is 1. The number of alkyl halides is 2. The predicted molar refractivity (Wildman–Crippen MR) is 131 cm³/mol. The minimum absolute atomic E-state index is 0.187. The van der Waals surface area contributed by atoms with E-state index < -0.39 is 46.8 Å². The third-order valence-corrected chi connectivity index (χ3v) is 7.41. The number of ether oxygens (including phenoxy) is 2. The van der Waals surface area contributed by atoms with Crippen molar-refractivity contribution >= 4 is 35.1 Å². The zero-order valence-corrected chi connectivity index (χ0v) is 21.2. The number of aliphatic hydroxyl groups is 1. The zero-order valence-electron chi connectivity index (χ0n) is 19.7. The molecule has 1 saturated heterocycles. The van der Waals surface area contributed by atoms with Crippen molar-refractivity contribution in [3.63, 3.8) is 0 Å². The average Bonchev–Trinajstić information content (AvgIpc) is 2.83. The van der Waals surface area contributed by atoms with E-state index in [9.17, 15) is 14.7 Å². The van der Waals surface area contributed by atoms with Gasteiger partial charge in [-0.25, -0.2) is 4.79 Å².